The third-order valence-corrected chi connectivity index (χ3v) is 10.1. The zero-order valence-electron chi connectivity index (χ0n) is 22.2. The largest absolute Gasteiger partial charge is 0.504 e. The number of rotatable bonds is 3. The van der Waals surface area contributed by atoms with Crippen molar-refractivity contribution in [3.63, 3.8) is 0 Å². The number of H-pyrrole nitrogens is 1. The highest BCUT2D eigenvalue weighted by molar-refractivity contribution is 5.86. The molecule has 1 aromatic heterocycles. The highest BCUT2D eigenvalue weighted by Crippen LogP contribution is 2.63. The van der Waals surface area contributed by atoms with E-state index in [1.807, 2.05) is 7.11 Å². The van der Waals surface area contributed by atoms with Gasteiger partial charge in [-0.3, -0.25) is 4.90 Å². The fourth-order valence-corrected chi connectivity index (χ4v) is 8.31. The van der Waals surface area contributed by atoms with Crippen molar-refractivity contribution < 1.29 is 19.3 Å². The Morgan fingerprint density at radius 3 is 2.70 bits per heavy atom. The molecular formula is C30H37N3O4. The molecule has 0 bridgehead atoms. The topological polar surface area (TPSA) is 79.0 Å². The molecule has 0 radical (unpaired) electrons. The maximum Gasteiger partial charge on any atom is 0.161 e. The van der Waals surface area contributed by atoms with Crippen LogP contribution in [0.3, 0.4) is 0 Å². The minimum Gasteiger partial charge on any atom is -0.504 e. The molecule has 7 nitrogen and oxygen atoms in total. The van der Waals surface area contributed by atoms with Gasteiger partial charge in [-0.15, -0.1) is 0 Å². The Bertz CT molecular complexity index is 1400. The van der Waals surface area contributed by atoms with Crippen LogP contribution in [0, 0.1) is 0 Å². The third-order valence-electron chi connectivity index (χ3n) is 10.1. The number of hydrogen-bond donors (Lipinski definition) is 3. The van der Waals surface area contributed by atoms with Crippen LogP contribution in [-0.2, 0) is 28.5 Å². The molecule has 3 N–H and O–H groups in total. The van der Waals surface area contributed by atoms with Gasteiger partial charge in [0.15, 0.2) is 11.5 Å². The number of fused-ring (bicyclic) bond motifs is 5. The first-order valence-electron chi connectivity index (χ1n) is 13.5. The van der Waals surface area contributed by atoms with Crippen molar-refractivity contribution in [2.75, 3.05) is 41.5 Å². The summed E-state index contributed by atoms with van der Waals surface area (Å²) in [7, 11) is 7.45. The molecule has 2 spiro atoms. The molecule has 4 aliphatic rings. The second-order valence-electron chi connectivity index (χ2n) is 11.6. The van der Waals surface area contributed by atoms with Crippen molar-refractivity contribution in [3.8, 4) is 17.2 Å². The van der Waals surface area contributed by atoms with Gasteiger partial charge < -0.3 is 29.6 Å². The van der Waals surface area contributed by atoms with Crippen molar-refractivity contribution in [3.05, 3.63) is 52.2 Å². The molecular weight excluding hydrogens is 466 g/mol. The lowest BCUT2D eigenvalue weighted by atomic mass is 9.61. The fraction of sp³-hybridized carbons (Fsp3) is 0.533. The molecule has 4 unspecified atom stereocenters. The SMILES string of the molecule is COc1ccc2c3c([nH]c2c1)C1(CCC2(CC4c5c(cc(OC)c(O)c52)CCN4C)CC1OC)NCC3. The number of ether oxygens (including phenoxy) is 3. The van der Waals surface area contributed by atoms with Crippen molar-refractivity contribution in [2.45, 2.75) is 61.6 Å². The smallest absolute Gasteiger partial charge is 0.161 e. The second-order valence-corrected chi connectivity index (χ2v) is 11.6. The van der Waals surface area contributed by atoms with Gasteiger partial charge in [0.1, 0.15) is 5.75 Å². The van der Waals surface area contributed by atoms with Crippen LogP contribution in [-0.4, -0.2) is 62.6 Å². The number of nitrogens with zero attached hydrogens (tertiary/aromatic N) is 1. The van der Waals surface area contributed by atoms with Crippen LogP contribution in [0.1, 0.15) is 59.7 Å². The summed E-state index contributed by atoms with van der Waals surface area (Å²) in [4.78, 5) is 6.26. The van der Waals surface area contributed by atoms with E-state index in [-0.39, 0.29) is 17.1 Å². The lowest BCUT2D eigenvalue weighted by Crippen LogP contribution is -2.60. The summed E-state index contributed by atoms with van der Waals surface area (Å²) in [5.41, 5.74) is 7.13. The molecule has 3 aromatic rings. The molecule has 3 heterocycles. The third kappa shape index (κ3) is 3.05. The highest BCUT2D eigenvalue weighted by atomic mass is 16.5. The van der Waals surface area contributed by atoms with Gasteiger partial charge in [0.25, 0.3) is 0 Å². The molecule has 196 valence electrons. The second kappa shape index (κ2) is 8.13. The average molecular weight is 504 g/mol. The first kappa shape index (κ1) is 23.4. The number of aromatic amines is 1. The standard InChI is InChI=1S/C30H37N3O4/c1-33-12-8-17-13-23(36-3)27(34)26-25(17)22(33)15-29(26)9-10-30(24(16-29)37-4)28-20(7-11-31-30)19-6-5-18(35-2)14-21(19)32-28/h5-6,13-14,22,24,31-32,34H,7-12,15-16H2,1-4H3. The summed E-state index contributed by atoms with van der Waals surface area (Å²) in [6.07, 6.45) is 5.72. The van der Waals surface area contributed by atoms with E-state index in [1.54, 1.807) is 14.2 Å². The van der Waals surface area contributed by atoms with Crippen LogP contribution in [0.15, 0.2) is 24.3 Å². The first-order valence-corrected chi connectivity index (χ1v) is 13.5. The van der Waals surface area contributed by atoms with Gasteiger partial charge in [-0.1, -0.05) is 0 Å². The van der Waals surface area contributed by atoms with Crippen LogP contribution in [0.2, 0.25) is 0 Å². The van der Waals surface area contributed by atoms with E-state index in [1.165, 1.54) is 27.8 Å². The molecule has 2 aromatic carbocycles. The lowest BCUT2D eigenvalue weighted by molar-refractivity contribution is -0.0482. The van der Waals surface area contributed by atoms with Gasteiger partial charge in [0, 0.05) is 59.9 Å². The lowest BCUT2D eigenvalue weighted by Gasteiger charge is -2.52. The van der Waals surface area contributed by atoms with E-state index in [0.29, 0.717) is 17.5 Å². The molecule has 4 atom stereocenters. The maximum atomic E-state index is 11.5. The molecule has 7 rings (SSSR count). The van der Waals surface area contributed by atoms with Crippen LogP contribution in [0.25, 0.3) is 10.9 Å². The monoisotopic (exact) mass is 503 g/mol. The molecule has 0 amide bonds. The fourth-order valence-electron chi connectivity index (χ4n) is 8.31. The predicted molar refractivity (Wildman–Crippen MR) is 143 cm³/mol. The van der Waals surface area contributed by atoms with E-state index >= 15 is 0 Å². The van der Waals surface area contributed by atoms with Gasteiger partial charge in [0.2, 0.25) is 0 Å². The van der Waals surface area contributed by atoms with Crippen molar-refractivity contribution in [2.24, 2.45) is 0 Å². The molecule has 1 saturated carbocycles. The number of benzene rings is 2. The van der Waals surface area contributed by atoms with E-state index in [4.69, 9.17) is 14.2 Å². The number of aromatic nitrogens is 1. The number of nitrogens with one attached hydrogen (secondary N) is 2. The Morgan fingerprint density at radius 2 is 1.92 bits per heavy atom. The summed E-state index contributed by atoms with van der Waals surface area (Å²) >= 11 is 0. The quantitative estimate of drug-likeness (QED) is 0.495. The van der Waals surface area contributed by atoms with Crippen molar-refractivity contribution >= 4 is 10.9 Å². The number of aromatic hydroxyl groups is 1. The van der Waals surface area contributed by atoms with Gasteiger partial charge in [-0.25, -0.2) is 0 Å². The average Bonchev–Trinajstić information content (AvgIpc) is 3.47. The Hall–Kier alpha value is -2.74. The van der Waals surface area contributed by atoms with Gasteiger partial charge in [-0.05, 0) is 80.5 Å². The molecule has 2 aliphatic heterocycles. The Kier molecular flexibility index (Phi) is 5.14. The number of likely N-dealkylation sites (N-methyl/N-ethyl adjacent to an activating group) is 1. The number of hydrogen-bond acceptors (Lipinski definition) is 6. The Balaban J connectivity index is 1.35. The first-order chi connectivity index (χ1) is 17.9. The van der Waals surface area contributed by atoms with Crippen LogP contribution < -0.4 is 14.8 Å². The summed E-state index contributed by atoms with van der Waals surface area (Å²) in [6, 6.07) is 8.74. The molecule has 7 heteroatoms. The maximum absolute atomic E-state index is 11.5. The van der Waals surface area contributed by atoms with E-state index in [0.717, 1.165) is 68.4 Å². The Morgan fingerprint density at radius 1 is 1.05 bits per heavy atom. The minimum atomic E-state index is -0.290. The van der Waals surface area contributed by atoms with Gasteiger partial charge in [0.05, 0.1) is 25.9 Å². The highest BCUT2D eigenvalue weighted by Gasteiger charge is 2.58. The number of phenols is 1. The van der Waals surface area contributed by atoms with Crippen molar-refractivity contribution in [1.29, 1.82) is 0 Å². The van der Waals surface area contributed by atoms with Crippen LogP contribution in [0.4, 0.5) is 0 Å². The van der Waals surface area contributed by atoms with Crippen LogP contribution >= 0.6 is 0 Å². The summed E-state index contributed by atoms with van der Waals surface area (Å²) in [5, 5.41) is 16.7. The summed E-state index contributed by atoms with van der Waals surface area (Å²) in [6.45, 7) is 1.95. The summed E-state index contributed by atoms with van der Waals surface area (Å²) in [5.74, 6) is 1.80. The summed E-state index contributed by atoms with van der Waals surface area (Å²) < 4.78 is 17.6. The van der Waals surface area contributed by atoms with Gasteiger partial charge >= 0.3 is 0 Å². The molecule has 37 heavy (non-hydrogen) atoms. The minimum absolute atomic E-state index is 0.0398. The molecule has 2 aliphatic carbocycles. The van der Waals surface area contributed by atoms with Crippen LogP contribution in [0.5, 0.6) is 17.2 Å². The Labute approximate surface area is 218 Å². The van der Waals surface area contributed by atoms with Gasteiger partial charge in [-0.2, -0.15) is 0 Å². The molecule has 0 saturated heterocycles. The van der Waals surface area contributed by atoms with E-state index in [9.17, 15) is 5.11 Å². The zero-order chi connectivity index (χ0) is 25.5. The van der Waals surface area contributed by atoms with E-state index < -0.39 is 0 Å². The number of phenolic OH excluding ortho intramolecular Hbond substituents is 1. The van der Waals surface area contributed by atoms with E-state index in [2.05, 4.69) is 46.5 Å². The normalized spacial score (nSPS) is 30.6. The van der Waals surface area contributed by atoms with Crippen molar-refractivity contribution in [1.82, 2.24) is 15.2 Å². The zero-order valence-corrected chi connectivity index (χ0v) is 22.2. The predicted octanol–water partition coefficient (Wildman–Crippen LogP) is 4.30. The molecule has 1 fully saturated rings. The number of methoxy groups -OCH3 is 3.